The molecule has 2 fully saturated rings. The van der Waals surface area contributed by atoms with Crippen molar-refractivity contribution in [2.75, 3.05) is 50.8 Å². The number of amides is 1. The summed E-state index contributed by atoms with van der Waals surface area (Å²) < 4.78 is 19.2. The summed E-state index contributed by atoms with van der Waals surface area (Å²) in [6.45, 7) is 15.9. The van der Waals surface area contributed by atoms with E-state index < -0.39 is 6.10 Å². The van der Waals surface area contributed by atoms with Crippen LogP contribution in [0.25, 0.3) is 0 Å². The van der Waals surface area contributed by atoms with Gasteiger partial charge in [-0.2, -0.15) is 0 Å². The first kappa shape index (κ1) is 28.2. The van der Waals surface area contributed by atoms with Crippen molar-refractivity contribution in [2.24, 2.45) is 0 Å². The highest BCUT2D eigenvalue weighted by Gasteiger charge is 2.40. The van der Waals surface area contributed by atoms with Gasteiger partial charge in [-0.1, -0.05) is 38.1 Å². The number of aliphatic hydroxyl groups excluding tert-OH is 1. The van der Waals surface area contributed by atoms with E-state index in [0.29, 0.717) is 42.3 Å². The lowest BCUT2D eigenvalue weighted by Crippen LogP contribution is -2.63. The zero-order valence-electron chi connectivity index (χ0n) is 23.9. The van der Waals surface area contributed by atoms with Gasteiger partial charge in [-0.3, -0.25) is 14.6 Å². The molecule has 1 amide bonds. The standard InChI is InChI=1S/C31H43FN4O3/c1-20-14-34(26(13-33-20)15-35-21(2)17-39-18-22(35)3)16-29(37)36-19-31(4,5)27-11-8-24(12-28(27)36)30(38)23-6-9-25(32)10-7-23/h6-12,20-22,26,30,33,38H,13-19H2,1-5H3/t20-,21-,22-,26-,30-/m1/s1. The number of anilines is 1. The third-order valence-electron chi connectivity index (χ3n) is 8.73. The van der Waals surface area contributed by atoms with Gasteiger partial charge in [0.05, 0.1) is 19.8 Å². The third-order valence-corrected chi connectivity index (χ3v) is 8.73. The van der Waals surface area contributed by atoms with Gasteiger partial charge in [0, 0.05) is 61.4 Å². The molecule has 2 N–H and O–H groups in total. The van der Waals surface area contributed by atoms with E-state index in [1.807, 2.05) is 23.1 Å². The first-order valence-electron chi connectivity index (χ1n) is 14.2. The number of ether oxygens (including phenoxy) is 1. The summed E-state index contributed by atoms with van der Waals surface area (Å²) in [5.74, 6) is -0.256. The number of carbonyl (C=O) groups excluding carboxylic acids is 1. The number of aliphatic hydroxyl groups is 1. The van der Waals surface area contributed by atoms with Crippen molar-refractivity contribution in [3.63, 3.8) is 0 Å². The van der Waals surface area contributed by atoms with Crippen LogP contribution in [-0.4, -0.2) is 90.9 Å². The molecule has 0 bridgehead atoms. The van der Waals surface area contributed by atoms with Crippen molar-refractivity contribution in [1.82, 2.24) is 15.1 Å². The number of rotatable bonds is 6. The normalized spacial score (nSPS) is 28.3. The SMILES string of the molecule is C[C@@H]1CN(CC(=O)N2CC(C)(C)c3ccc([C@H](O)c4ccc(F)cc4)cc32)[C@@H](CN2[C@H](C)COC[C@H]2C)CN1. The largest absolute Gasteiger partial charge is 0.384 e. The summed E-state index contributed by atoms with van der Waals surface area (Å²) >= 11 is 0. The Balaban J connectivity index is 1.36. The Morgan fingerprint density at radius 2 is 1.77 bits per heavy atom. The van der Waals surface area contributed by atoms with E-state index in [2.05, 4.69) is 49.7 Å². The van der Waals surface area contributed by atoms with Gasteiger partial charge in [0.1, 0.15) is 11.9 Å². The van der Waals surface area contributed by atoms with Crippen molar-refractivity contribution >= 4 is 11.6 Å². The molecule has 0 unspecified atom stereocenters. The summed E-state index contributed by atoms with van der Waals surface area (Å²) in [7, 11) is 0. The Morgan fingerprint density at radius 3 is 2.46 bits per heavy atom. The van der Waals surface area contributed by atoms with Gasteiger partial charge in [-0.15, -0.1) is 0 Å². The first-order chi connectivity index (χ1) is 18.5. The second kappa shape index (κ2) is 11.3. The van der Waals surface area contributed by atoms with Crippen LogP contribution in [0.4, 0.5) is 10.1 Å². The molecule has 0 saturated carbocycles. The van der Waals surface area contributed by atoms with Crippen molar-refractivity contribution in [2.45, 2.75) is 70.3 Å². The molecule has 5 atom stereocenters. The van der Waals surface area contributed by atoms with Crippen LogP contribution >= 0.6 is 0 Å². The van der Waals surface area contributed by atoms with Crippen LogP contribution in [0.15, 0.2) is 42.5 Å². The number of benzene rings is 2. The molecule has 3 heterocycles. The lowest BCUT2D eigenvalue weighted by atomic mass is 9.86. The van der Waals surface area contributed by atoms with Gasteiger partial charge in [-0.05, 0) is 55.7 Å². The molecule has 0 aromatic heterocycles. The van der Waals surface area contributed by atoms with Gasteiger partial charge in [0.25, 0.3) is 0 Å². The van der Waals surface area contributed by atoms with Gasteiger partial charge in [0.15, 0.2) is 0 Å². The number of hydrogen-bond donors (Lipinski definition) is 2. The first-order valence-corrected chi connectivity index (χ1v) is 14.2. The quantitative estimate of drug-likeness (QED) is 0.589. The number of fused-ring (bicyclic) bond motifs is 1. The summed E-state index contributed by atoms with van der Waals surface area (Å²) in [5.41, 5.74) is 3.08. The Kier molecular flexibility index (Phi) is 8.13. The molecule has 0 radical (unpaired) electrons. The molecule has 212 valence electrons. The summed E-state index contributed by atoms with van der Waals surface area (Å²) in [5, 5.41) is 14.7. The highest BCUT2D eigenvalue weighted by atomic mass is 19.1. The number of hydrogen-bond acceptors (Lipinski definition) is 6. The maximum absolute atomic E-state index is 14.0. The average Bonchev–Trinajstić information content (AvgIpc) is 3.17. The monoisotopic (exact) mass is 538 g/mol. The number of morpholine rings is 1. The van der Waals surface area contributed by atoms with E-state index in [4.69, 9.17) is 4.74 Å². The highest BCUT2D eigenvalue weighted by molar-refractivity contribution is 5.97. The Morgan fingerprint density at radius 1 is 1.10 bits per heavy atom. The molecule has 2 saturated heterocycles. The van der Waals surface area contributed by atoms with Crippen molar-refractivity contribution in [3.05, 3.63) is 65.0 Å². The molecule has 39 heavy (non-hydrogen) atoms. The zero-order chi connectivity index (χ0) is 27.9. The molecule has 8 heteroatoms. The van der Waals surface area contributed by atoms with Gasteiger partial charge < -0.3 is 20.1 Å². The fraction of sp³-hybridized carbons (Fsp3) is 0.581. The number of piperazine rings is 1. The third kappa shape index (κ3) is 5.91. The highest BCUT2D eigenvalue weighted by Crippen LogP contribution is 2.42. The number of halogens is 1. The van der Waals surface area contributed by atoms with Crippen LogP contribution in [-0.2, 0) is 14.9 Å². The predicted molar refractivity (Wildman–Crippen MR) is 152 cm³/mol. The minimum atomic E-state index is -0.896. The van der Waals surface area contributed by atoms with E-state index in [-0.39, 0.29) is 23.2 Å². The van der Waals surface area contributed by atoms with Crippen LogP contribution in [0.1, 0.15) is 57.4 Å². The second-order valence-corrected chi connectivity index (χ2v) is 12.4. The van der Waals surface area contributed by atoms with Crippen LogP contribution in [0.3, 0.4) is 0 Å². The van der Waals surface area contributed by atoms with Crippen LogP contribution in [0.5, 0.6) is 0 Å². The average molecular weight is 539 g/mol. The summed E-state index contributed by atoms with van der Waals surface area (Å²) in [6.07, 6.45) is -0.896. The fourth-order valence-electron chi connectivity index (χ4n) is 6.44. The molecule has 3 aliphatic rings. The van der Waals surface area contributed by atoms with Gasteiger partial charge >= 0.3 is 0 Å². The molecule has 0 aliphatic carbocycles. The zero-order valence-corrected chi connectivity index (χ0v) is 23.9. The Bertz CT molecular complexity index is 1160. The van der Waals surface area contributed by atoms with E-state index in [9.17, 15) is 14.3 Å². The Hall–Kier alpha value is -2.36. The second-order valence-electron chi connectivity index (χ2n) is 12.4. The topological polar surface area (TPSA) is 68.3 Å². The molecular weight excluding hydrogens is 495 g/mol. The fourth-order valence-corrected chi connectivity index (χ4v) is 6.44. The maximum atomic E-state index is 14.0. The minimum Gasteiger partial charge on any atom is -0.384 e. The number of nitrogens with one attached hydrogen (secondary N) is 1. The van der Waals surface area contributed by atoms with E-state index in [0.717, 1.165) is 44.1 Å². The van der Waals surface area contributed by atoms with Crippen molar-refractivity contribution in [1.29, 1.82) is 0 Å². The molecular formula is C31H43FN4O3. The van der Waals surface area contributed by atoms with E-state index in [1.54, 1.807) is 12.1 Å². The van der Waals surface area contributed by atoms with E-state index in [1.165, 1.54) is 12.1 Å². The maximum Gasteiger partial charge on any atom is 0.241 e. The van der Waals surface area contributed by atoms with Crippen molar-refractivity contribution in [3.8, 4) is 0 Å². The van der Waals surface area contributed by atoms with Crippen LogP contribution in [0.2, 0.25) is 0 Å². The molecule has 2 aromatic carbocycles. The summed E-state index contributed by atoms with van der Waals surface area (Å²) in [4.78, 5) is 20.7. The molecule has 7 nitrogen and oxygen atoms in total. The van der Waals surface area contributed by atoms with Crippen LogP contribution < -0.4 is 10.2 Å². The van der Waals surface area contributed by atoms with Gasteiger partial charge in [-0.25, -0.2) is 4.39 Å². The predicted octanol–water partition coefficient (Wildman–Crippen LogP) is 3.30. The van der Waals surface area contributed by atoms with E-state index >= 15 is 0 Å². The number of carbonyl (C=O) groups is 1. The molecule has 5 rings (SSSR count). The number of nitrogens with zero attached hydrogens (tertiary/aromatic N) is 3. The van der Waals surface area contributed by atoms with Gasteiger partial charge in [0.2, 0.25) is 5.91 Å². The lowest BCUT2D eigenvalue weighted by molar-refractivity contribution is -0.121. The molecule has 0 spiro atoms. The van der Waals surface area contributed by atoms with Crippen molar-refractivity contribution < 1.29 is 19.0 Å². The summed E-state index contributed by atoms with van der Waals surface area (Å²) in [6, 6.07) is 13.0. The minimum absolute atomic E-state index is 0.0809. The van der Waals surface area contributed by atoms with Crippen LogP contribution in [0, 0.1) is 5.82 Å². The Labute approximate surface area is 231 Å². The lowest BCUT2D eigenvalue weighted by Gasteiger charge is -2.46. The molecule has 3 aliphatic heterocycles. The molecule has 2 aromatic rings. The smallest absolute Gasteiger partial charge is 0.241 e.